The molecule has 1 radical (unpaired) electrons. The lowest BCUT2D eigenvalue weighted by Crippen LogP contribution is -2.33. The van der Waals surface area contributed by atoms with Gasteiger partial charge in [0.15, 0.2) is 0 Å². The van der Waals surface area contributed by atoms with Gasteiger partial charge in [0.1, 0.15) is 5.49 Å². The van der Waals surface area contributed by atoms with Crippen molar-refractivity contribution in [2.24, 2.45) is 0 Å². The van der Waals surface area contributed by atoms with Gasteiger partial charge in [-0.15, -0.1) is 0 Å². The lowest BCUT2D eigenvalue weighted by atomic mass is 10.1. The van der Waals surface area contributed by atoms with Crippen LogP contribution in [0.4, 0.5) is 0 Å². The number of nitrogens with one attached hydrogen (secondary N) is 1. The van der Waals surface area contributed by atoms with Crippen LogP contribution in [0.3, 0.4) is 0 Å². The Hall–Kier alpha value is -0.110. The van der Waals surface area contributed by atoms with Gasteiger partial charge in [0.2, 0.25) is 0 Å². The molecule has 0 aromatic carbocycles. The highest BCUT2D eigenvalue weighted by Crippen LogP contribution is 1.94. The van der Waals surface area contributed by atoms with E-state index in [0.717, 1.165) is 0 Å². The summed E-state index contributed by atoms with van der Waals surface area (Å²) in [4.78, 5) is 0. The maximum absolute atomic E-state index is 4.44. The molecule has 0 aliphatic rings. The monoisotopic (exact) mass is 116 g/mol. The number of hydrogen-bond acceptors (Lipinski definition) is 1. The Morgan fingerprint density at radius 1 is 1.43 bits per heavy atom. The minimum atomic E-state index is 0.0851. The zero-order chi connectivity index (χ0) is 5.91. The highest BCUT2D eigenvalue weighted by atomic mass is 32.1. The smallest absolute Gasteiger partial charge is 0.134 e. The van der Waals surface area contributed by atoms with E-state index in [-0.39, 0.29) is 5.54 Å². The Morgan fingerprint density at radius 2 is 1.86 bits per heavy atom. The molecule has 7 heavy (non-hydrogen) atoms. The average molecular weight is 116 g/mol. The number of rotatable bonds is 1. The minimum absolute atomic E-state index is 0.0851. The second kappa shape index (κ2) is 2.26. The third kappa shape index (κ3) is 5.89. The van der Waals surface area contributed by atoms with E-state index in [2.05, 4.69) is 23.0 Å². The molecule has 0 amide bonds. The standard InChI is InChI=1S/C5H10NS/c1-5(2,3)6-4-7/h1-3H3,(H,6,7). The van der Waals surface area contributed by atoms with Gasteiger partial charge in [0, 0.05) is 5.54 Å². The fourth-order valence-corrected chi connectivity index (χ4v) is 0.459. The van der Waals surface area contributed by atoms with E-state index < -0.39 is 0 Å². The SMILES string of the molecule is CC(C)(C)N[C]=S. The topological polar surface area (TPSA) is 12.0 Å². The Labute approximate surface area is 50.1 Å². The molecule has 0 heterocycles. The van der Waals surface area contributed by atoms with Gasteiger partial charge in [-0.2, -0.15) is 0 Å². The summed E-state index contributed by atoms with van der Waals surface area (Å²) in [5, 5.41) is 2.85. The highest BCUT2D eigenvalue weighted by Gasteiger charge is 2.03. The summed E-state index contributed by atoms with van der Waals surface area (Å²) in [5.74, 6) is 0. The third-order valence-corrected chi connectivity index (χ3v) is 0.528. The maximum Gasteiger partial charge on any atom is 0.134 e. The first-order valence-corrected chi connectivity index (χ1v) is 2.61. The van der Waals surface area contributed by atoms with Crippen molar-refractivity contribution in [1.82, 2.24) is 5.32 Å². The molecule has 41 valence electrons. The number of thiocarbonyl (C=S) groups is 1. The van der Waals surface area contributed by atoms with Gasteiger partial charge in [-0.3, -0.25) is 0 Å². The van der Waals surface area contributed by atoms with Crippen molar-refractivity contribution in [2.45, 2.75) is 26.3 Å². The van der Waals surface area contributed by atoms with Crippen LogP contribution >= 0.6 is 12.2 Å². The summed E-state index contributed by atoms with van der Waals surface area (Å²) in [5.41, 5.74) is 2.53. The second-order valence-corrected chi connectivity index (χ2v) is 2.68. The van der Waals surface area contributed by atoms with Crippen molar-refractivity contribution in [1.29, 1.82) is 0 Å². The summed E-state index contributed by atoms with van der Waals surface area (Å²) in [6.07, 6.45) is 0. The first kappa shape index (κ1) is 6.89. The van der Waals surface area contributed by atoms with Crippen molar-refractivity contribution in [3.63, 3.8) is 0 Å². The molecule has 0 spiro atoms. The van der Waals surface area contributed by atoms with Gasteiger partial charge in [0.25, 0.3) is 0 Å². The van der Waals surface area contributed by atoms with E-state index in [1.165, 1.54) is 0 Å². The van der Waals surface area contributed by atoms with Crippen LogP contribution in [0, 0.1) is 0 Å². The molecule has 1 N–H and O–H groups in total. The van der Waals surface area contributed by atoms with Crippen LogP contribution in [0.2, 0.25) is 0 Å². The molecule has 0 atom stereocenters. The molecule has 1 nitrogen and oxygen atoms in total. The highest BCUT2D eigenvalue weighted by molar-refractivity contribution is 7.78. The molecule has 0 aromatic heterocycles. The van der Waals surface area contributed by atoms with E-state index in [1.807, 2.05) is 20.8 Å². The second-order valence-electron chi connectivity index (χ2n) is 2.48. The van der Waals surface area contributed by atoms with E-state index >= 15 is 0 Å². The summed E-state index contributed by atoms with van der Waals surface area (Å²) in [7, 11) is 0. The summed E-state index contributed by atoms with van der Waals surface area (Å²) >= 11 is 4.44. The fourth-order valence-electron chi connectivity index (χ4n) is 0.153. The molecule has 0 aromatic rings. The van der Waals surface area contributed by atoms with Gasteiger partial charge in [0.05, 0.1) is 0 Å². The van der Waals surface area contributed by atoms with E-state index in [9.17, 15) is 0 Å². The lowest BCUT2D eigenvalue weighted by Gasteiger charge is -2.16. The largest absolute Gasteiger partial charge is 0.369 e. The van der Waals surface area contributed by atoms with Crippen LogP contribution in [0.1, 0.15) is 20.8 Å². The molecular weight excluding hydrogens is 106 g/mol. The van der Waals surface area contributed by atoms with Gasteiger partial charge in [-0.25, -0.2) is 0 Å². The number of hydrogen-bond donors (Lipinski definition) is 1. The predicted octanol–water partition coefficient (Wildman–Crippen LogP) is 1.21. The molecule has 0 aliphatic carbocycles. The molecule has 0 rings (SSSR count). The van der Waals surface area contributed by atoms with Crippen LogP contribution in [0.25, 0.3) is 0 Å². The zero-order valence-corrected chi connectivity index (χ0v) is 5.72. The molecule has 0 aliphatic heterocycles. The zero-order valence-electron chi connectivity index (χ0n) is 4.91. The van der Waals surface area contributed by atoms with Crippen LogP contribution in [-0.2, 0) is 0 Å². The van der Waals surface area contributed by atoms with E-state index in [1.54, 1.807) is 0 Å². The summed E-state index contributed by atoms with van der Waals surface area (Å²) in [6, 6.07) is 0. The average Bonchev–Trinajstić information content (AvgIpc) is 1.30. The molecule has 0 unspecified atom stereocenters. The van der Waals surface area contributed by atoms with Crippen molar-refractivity contribution in [2.75, 3.05) is 0 Å². The van der Waals surface area contributed by atoms with Crippen LogP contribution in [-0.4, -0.2) is 11.0 Å². The van der Waals surface area contributed by atoms with E-state index in [4.69, 9.17) is 0 Å². The molecule has 2 heteroatoms. The van der Waals surface area contributed by atoms with Gasteiger partial charge in [-0.1, -0.05) is 12.2 Å². The van der Waals surface area contributed by atoms with E-state index in [0.29, 0.717) is 0 Å². The quantitative estimate of drug-likeness (QED) is 0.408. The molecular formula is C5H10NS. The van der Waals surface area contributed by atoms with Crippen molar-refractivity contribution in [3.05, 3.63) is 0 Å². The first-order valence-electron chi connectivity index (χ1n) is 2.20. The van der Waals surface area contributed by atoms with Crippen LogP contribution < -0.4 is 5.32 Å². The lowest BCUT2D eigenvalue weighted by molar-refractivity contribution is 0.520. The Balaban J connectivity index is 3.34. The molecule has 0 saturated carbocycles. The van der Waals surface area contributed by atoms with Crippen LogP contribution in [0.15, 0.2) is 0 Å². The van der Waals surface area contributed by atoms with Crippen molar-refractivity contribution >= 4 is 17.7 Å². The predicted molar refractivity (Wildman–Crippen MR) is 35.5 cm³/mol. The molecule has 0 bridgehead atoms. The summed E-state index contributed by atoms with van der Waals surface area (Å²) in [6.45, 7) is 6.10. The minimum Gasteiger partial charge on any atom is -0.369 e. The maximum atomic E-state index is 4.44. The summed E-state index contributed by atoms with van der Waals surface area (Å²) < 4.78 is 0. The Morgan fingerprint density at radius 3 is 1.86 bits per heavy atom. The Kier molecular flexibility index (Phi) is 2.23. The first-order chi connectivity index (χ1) is 3.06. The van der Waals surface area contributed by atoms with Crippen molar-refractivity contribution in [3.8, 4) is 0 Å². The van der Waals surface area contributed by atoms with Crippen LogP contribution in [0.5, 0.6) is 0 Å². The van der Waals surface area contributed by atoms with Gasteiger partial charge < -0.3 is 5.32 Å². The molecule has 0 saturated heterocycles. The Bertz CT molecular complexity index is 63.0. The van der Waals surface area contributed by atoms with Gasteiger partial charge >= 0.3 is 0 Å². The normalized spacial score (nSPS) is 10.7. The third-order valence-electron chi connectivity index (χ3n) is 0.426. The van der Waals surface area contributed by atoms with Crippen molar-refractivity contribution < 1.29 is 0 Å². The van der Waals surface area contributed by atoms with Gasteiger partial charge in [-0.05, 0) is 20.8 Å². The molecule has 0 fully saturated rings. The fraction of sp³-hybridized carbons (Fsp3) is 0.800.